The third-order valence-electron chi connectivity index (χ3n) is 3.51. The number of nitrogens with one attached hydrogen (secondary N) is 2. The van der Waals surface area contributed by atoms with Crippen molar-refractivity contribution in [2.75, 3.05) is 19.6 Å². The van der Waals surface area contributed by atoms with Gasteiger partial charge in [0.25, 0.3) is 0 Å². The summed E-state index contributed by atoms with van der Waals surface area (Å²) in [4.78, 5) is 5.68. The van der Waals surface area contributed by atoms with Crippen LogP contribution in [0.25, 0.3) is 0 Å². The predicted octanol–water partition coefficient (Wildman–Crippen LogP) is 1.98. The van der Waals surface area contributed by atoms with Gasteiger partial charge in [-0.3, -0.25) is 4.90 Å². The fourth-order valence-electron chi connectivity index (χ4n) is 2.41. The number of hydrogen-bond donors (Lipinski definition) is 2. The van der Waals surface area contributed by atoms with Crippen LogP contribution in [0.15, 0.2) is 18.5 Å². The lowest BCUT2D eigenvalue weighted by Crippen LogP contribution is -2.41. The highest BCUT2D eigenvalue weighted by atomic mass is 15.2. The summed E-state index contributed by atoms with van der Waals surface area (Å²) in [6, 6.07) is 2.90. The van der Waals surface area contributed by atoms with Crippen LogP contribution in [0.3, 0.4) is 0 Å². The quantitative estimate of drug-likeness (QED) is 0.745. The summed E-state index contributed by atoms with van der Waals surface area (Å²) < 4.78 is 0. The molecule has 1 fully saturated rings. The molecule has 3 heteroatoms. The number of aromatic nitrogens is 1. The first-order chi connectivity index (χ1) is 7.86. The van der Waals surface area contributed by atoms with Gasteiger partial charge in [0.2, 0.25) is 0 Å². The molecule has 0 aromatic carbocycles. The summed E-state index contributed by atoms with van der Waals surface area (Å²) >= 11 is 0. The second-order valence-electron chi connectivity index (χ2n) is 4.78. The number of H-pyrrole nitrogens is 1. The Bertz CT molecular complexity index is 281. The van der Waals surface area contributed by atoms with Gasteiger partial charge in [-0.1, -0.05) is 6.42 Å². The standard InChI is InChI=1S/C13H23N3/c1-12-4-2-3-8-16(12)9-7-15-11-13-5-6-14-10-13/h5-6,10,12,14-15H,2-4,7-9,11H2,1H3. The van der Waals surface area contributed by atoms with Crippen molar-refractivity contribution >= 4 is 0 Å². The number of nitrogens with zero attached hydrogens (tertiary/aromatic N) is 1. The smallest absolute Gasteiger partial charge is 0.0220 e. The highest BCUT2D eigenvalue weighted by Crippen LogP contribution is 2.15. The number of aromatic amines is 1. The van der Waals surface area contributed by atoms with Crippen molar-refractivity contribution in [3.8, 4) is 0 Å². The Labute approximate surface area is 98.2 Å². The van der Waals surface area contributed by atoms with Gasteiger partial charge < -0.3 is 10.3 Å². The van der Waals surface area contributed by atoms with Crippen molar-refractivity contribution in [1.82, 2.24) is 15.2 Å². The molecule has 90 valence electrons. The normalized spacial score (nSPS) is 22.4. The molecule has 1 aromatic heterocycles. The minimum absolute atomic E-state index is 0.780. The second kappa shape index (κ2) is 6.06. The van der Waals surface area contributed by atoms with Crippen LogP contribution >= 0.6 is 0 Å². The lowest BCUT2D eigenvalue weighted by atomic mass is 10.0. The van der Waals surface area contributed by atoms with E-state index in [4.69, 9.17) is 0 Å². The van der Waals surface area contributed by atoms with Gasteiger partial charge >= 0.3 is 0 Å². The van der Waals surface area contributed by atoms with Gasteiger partial charge in [0.05, 0.1) is 0 Å². The van der Waals surface area contributed by atoms with Crippen molar-refractivity contribution < 1.29 is 0 Å². The summed E-state index contributed by atoms with van der Waals surface area (Å²) in [5.41, 5.74) is 1.34. The molecular weight excluding hydrogens is 198 g/mol. The van der Waals surface area contributed by atoms with E-state index in [0.717, 1.165) is 19.1 Å². The van der Waals surface area contributed by atoms with Crippen molar-refractivity contribution in [2.45, 2.75) is 38.8 Å². The second-order valence-corrected chi connectivity index (χ2v) is 4.78. The summed E-state index contributed by atoms with van der Waals surface area (Å²) in [7, 11) is 0. The first-order valence-electron chi connectivity index (χ1n) is 6.42. The maximum atomic E-state index is 3.49. The lowest BCUT2D eigenvalue weighted by molar-refractivity contribution is 0.161. The van der Waals surface area contributed by atoms with E-state index in [-0.39, 0.29) is 0 Å². The number of hydrogen-bond acceptors (Lipinski definition) is 2. The molecule has 0 radical (unpaired) electrons. The highest BCUT2D eigenvalue weighted by Gasteiger charge is 2.16. The fraction of sp³-hybridized carbons (Fsp3) is 0.692. The van der Waals surface area contributed by atoms with Crippen LogP contribution in [0, 0.1) is 0 Å². The van der Waals surface area contributed by atoms with Crippen LogP contribution in [0.5, 0.6) is 0 Å². The van der Waals surface area contributed by atoms with Crippen molar-refractivity contribution in [3.63, 3.8) is 0 Å². The minimum atomic E-state index is 0.780. The molecule has 3 nitrogen and oxygen atoms in total. The first-order valence-corrected chi connectivity index (χ1v) is 6.42. The molecule has 1 aromatic rings. The Morgan fingerprint density at radius 2 is 2.44 bits per heavy atom. The maximum Gasteiger partial charge on any atom is 0.0220 e. The molecule has 1 aliphatic rings. The summed E-state index contributed by atoms with van der Waals surface area (Å²) in [6.07, 6.45) is 8.19. The van der Waals surface area contributed by atoms with Crippen LogP contribution < -0.4 is 5.32 Å². The molecule has 2 heterocycles. The molecule has 0 spiro atoms. The van der Waals surface area contributed by atoms with E-state index < -0.39 is 0 Å². The lowest BCUT2D eigenvalue weighted by Gasteiger charge is -2.33. The monoisotopic (exact) mass is 221 g/mol. The predicted molar refractivity (Wildman–Crippen MR) is 67.4 cm³/mol. The minimum Gasteiger partial charge on any atom is -0.367 e. The van der Waals surface area contributed by atoms with E-state index in [1.807, 2.05) is 6.20 Å². The van der Waals surface area contributed by atoms with Crippen molar-refractivity contribution in [3.05, 3.63) is 24.0 Å². The Balaban J connectivity index is 1.60. The molecular formula is C13H23N3. The van der Waals surface area contributed by atoms with E-state index in [1.54, 1.807) is 0 Å². The van der Waals surface area contributed by atoms with Gasteiger partial charge in [-0.25, -0.2) is 0 Å². The van der Waals surface area contributed by atoms with Gasteiger partial charge in [0.1, 0.15) is 0 Å². The summed E-state index contributed by atoms with van der Waals surface area (Å²) in [6.45, 7) is 6.89. The molecule has 2 rings (SSSR count). The number of rotatable bonds is 5. The van der Waals surface area contributed by atoms with Gasteiger partial charge in [-0.2, -0.15) is 0 Å². The number of likely N-dealkylation sites (tertiary alicyclic amines) is 1. The summed E-state index contributed by atoms with van der Waals surface area (Å²) in [5, 5.41) is 3.49. The molecule has 1 aliphatic heterocycles. The van der Waals surface area contributed by atoms with Crippen LogP contribution in [-0.2, 0) is 6.54 Å². The van der Waals surface area contributed by atoms with E-state index in [2.05, 4.69) is 34.4 Å². The van der Waals surface area contributed by atoms with Gasteiger partial charge in [-0.05, 0) is 37.9 Å². The Morgan fingerprint density at radius 1 is 1.50 bits per heavy atom. The van der Waals surface area contributed by atoms with Gasteiger partial charge in [0, 0.05) is 38.1 Å². The van der Waals surface area contributed by atoms with Crippen LogP contribution in [0.1, 0.15) is 31.7 Å². The molecule has 0 bridgehead atoms. The Morgan fingerprint density at radius 3 is 3.19 bits per heavy atom. The topological polar surface area (TPSA) is 31.1 Å². The highest BCUT2D eigenvalue weighted by molar-refractivity contribution is 5.07. The average Bonchev–Trinajstić information content (AvgIpc) is 2.79. The molecule has 0 saturated carbocycles. The first kappa shape index (κ1) is 11.7. The van der Waals surface area contributed by atoms with E-state index >= 15 is 0 Å². The van der Waals surface area contributed by atoms with E-state index in [0.29, 0.717) is 0 Å². The van der Waals surface area contributed by atoms with Crippen LogP contribution in [-0.4, -0.2) is 35.6 Å². The third kappa shape index (κ3) is 3.35. The molecule has 0 aliphatic carbocycles. The van der Waals surface area contributed by atoms with Gasteiger partial charge in [0.15, 0.2) is 0 Å². The molecule has 1 unspecified atom stereocenters. The summed E-state index contributed by atoms with van der Waals surface area (Å²) in [5.74, 6) is 0. The van der Waals surface area contributed by atoms with E-state index in [1.165, 1.54) is 37.9 Å². The van der Waals surface area contributed by atoms with Crippen molar-refractivity contribution in [2.24, 2.45) is 0 Å². The average molecular weight is 221 g/mol. The SMILES string of the molecule is CC1CCCCN1CCNCc1cc[nH]c1. The van der Waals surface area contributed by atoms with Crippen LogP contribution in [0.2, 0.25) is 0 Å². The van der Waals surface area contributed by atoms with Crippen LogP contribution in [0.4, 0.5) is 0 Å². The molecule has 1 saturated heterocycles. The van der Waals surface area contributed by atoms with Gasteiger partial charge in [-0.15, -0.1) is 0 Å². The largest absolute Gasteiger partial charge is 0.367 e. The Kier molecular flexibility index (Phi) is 4.43. The zero-order valence-electron chi connectivity index (χ0n) is 10.2. The van der Waals surface area contributed by atoms with E-state index in [9.17, 15) is 0 Å². The molecule has 1 atom stereocenters. The Hall–Kier alpha value is -0.800. The molecule has 0 amide bonds. The number of piperidine rings is 1. The zero-order chi connectivity index (χ0) is 11.2. The van der Waals surface area contributed by atoms with Crippen molar-refractivity contribution in [1.29, 1.82) is 0 Å². The maximum absolute atomic E-state index is 3.49. The third-order valence-corrected chi connectivity index (χ3v) is 3.51. The zero-order valence-corrected chi connectivity index (χ0v) is 10.2. The molecule has 16 heavy (non-hydrogen) atoms. The molecule has 2 N–H and O–H groups in total. The fourth-order valence-corrected chi connectivity index (χ4v) is 2.41.